The van der Waals surface area contributed by atoms with Crippen LogP contribution in [0.1, 0.15) is 18.4 Å². The zero-order chi connectivity index (χ0) is 13.1. The molecule has 0 saturated carbocycles. The van der Waals surface area contributed by atoms with Gasteiger partial charge in [-0.15, -0.1) is 0 Å². The fourth-order valence-corrected chi connectivity index (χ4v) is 2.56. The van der Waals surface area contributed by atoms with E-state index in [1.165, 1.54) is 12.1 Å². The maximum atomic E-state index is 13.1. The number of halogens is 1. The minimum atomic E-state index is -0.357. The lowest BCUT2D eigenvalue weighted by Gasteiger charge is -2.37. The van der Waals surface area contributed by atoms with E-state index in [4.69, 9.17) is 5.26 Å². The quantitative estimate of drug-likeness (QED) is 0.803. The summed E-state index contributed by atoms with van der Waals surface area (Å²) in [6.07, 6.45) is 2.28. The molecule has 18 heavy (non-hydrogen) atoms. The lowest BCUT2D eigenvalue weighted by atomic mass is 10.0. The number of rotatable bonds is 2. The highest BCUT2D eigenvalue weighted by Crippen LogP contribution is 2.25. The number of benzene rings is 1. The van der Waals surface area contributed by atoms with Gasteiger partial charge in [-0.1, -0.05) is 0 Å². The molecule has 0 spiro atoms. The van der Waals surface area contributed by atoms with Gasteiger partial charge >= 0.3 is 0 Å². The van der Waals surface area contributed by atoms with Crippen molar-refractivity contribution in [1.82, 2.24) is 4.90 Å². The highest BCUT2D eigenvalue weighted by Gasteiger charge is 2.22. The van der Waals surface area contributed by atoms with Crippen molar-refractivity contribution in [3.05, 3.63) is 29.6 Å². The summed E-state index contributed by atoms with van der Waals surface area (Å²) in [5.41, 5.74) is 1.23. The van der Waals surface area contributed by atoms with E-state index in [0.717, 1.165) is 31.6 Å². The van der Waals surface area contributed by atoms with Gasteiger partial charge in [-0.3, -0.25) is 0 Å². The van der Waals surface area contributed by atoms with Gasteiger partial charge in [0.2, 0.25) is 0 Å². The van der Waals surface area contributed by atoms with Crippen molar-refractivity contribution in [2.24, 2.45) is 0 Å². The second-order valence-corrected chi connectivity index (χ2v) is 4.94. The van der Waals surface area contributed by atoms with Crippen LogP contribution in [0, 0.1) is 17.1 Å². The summed E-state index contributed by atoms with van der Waals surface area (Å²) in [5.74, 6) is -0.357. The smallest absolute Gasteiger partial charge is 0.124 e. The average Bonchev–Trinajstić information content (AvgIpc) is 2.37. The number of likely N-dealkylation sites (N-methyl/N-ethyl adjacent to an activating group) is 2. The maximum Gasteiger partial charge on any atom is 0.124 e. The molecule has 1 unspecified atom stereocenters. The summed E-state index contributed by atoms with van der Waals surface area (Å²) >= 11 is 0. The molecule has 0 radical (unpaired) electrons. The molecule has 0 aliphatic carbocycles. The molecular weight excluding hydrogens is 229 g/mol. The van der Waals surface area contributed by atoms with E-state index in [2.05, 4.69) is 22.9 Å². The molecule has 1 atom stereocenters. The predicted octanol–water partition coefficient (Wildman–Crippen LogP) is 2.23. The van der Waals surface area contributed by atoms with Gasteiger partial charge in [0.15, 0.2) is 0 Å². The van der Waals surface area contributed by atoms with Crippen LogP contribution >= 0.6 is 0 Å². The van der Waals surface area contributed by atoms with Crippen LogP contribution in [0.4, 0.5) is 10.1 Å². The average molecular weight is 247 g/mol. The molecule has 0 N–H and O–H groups in total. The normalized spacial score (nSPS) is 20.4. The van der Waals surface area contributed by atoms with Crippen LogP contribution in [0.5, 0.6) is 0 Å². The van der Waals surface area contributed by atoms with E-state index in [-0.39, 0.29) is 5.82 Å². The fraction of sp³-hybridized carbons (Fsp3) is 0.500. The van der Waals surface area contributed by atoms with E-state index in [1.54, 1.807) is 6.07 Å². The Morgan fingerprint density at radius 1 is 1.50 bits per heavy atom. The topological polar surface area (TPSA) is 30.3 Å². The van der Waals surface area contributed by atoms with Crippen molar-refractivity contribution in [2.45, 2.75) is 18.9 Å². The summed E-state index contributed by atoms with van der Waals surface area (Å²) in [6, 6.07) is 6.88. The molecule has 96 valence electrons. The second-order valence-electron chi connectivity index (χ2n) is 4.94. The number of piperidine rings is 1. The highest BCUT2D eigenvalue weighted by molar-refractivity contribution is 5.59. The van der Waals surface area contributed by atoms with Crippen molar-refractivity contribution in [3.8, 4) is 6.07 Å². The van der Waals surface area contributed by atoms with Crippen LogP contribution in [-0.2, 0) is 0 Å². The fourth-order valence-electron chi connectivity index (χ4n) is 2.56. The third-order valence-corrected chi connectivity index (χ3v) is 3.61. The second kappa shape index (κ2) is 5.36. The Hall–Kier alpha value is -1.60. The number of likely N-dealkylation sites (tertiary alicyclic amines) is 1. The van der Waals surface area contributed by atoms with Gasteiger partial charge in [-0.05, 0) is 44.6 Å². The molecule has 0 bridgehead atoms. The zero-order valence-electron chi connectivity index (χ0n) is 10.9. The van der Waals surface area contributed by atoms with Crippen LogP contribution in [0.15, 0.2) is 18.2 Å². The Morgan fingerprint density at radius 2 is 2.28 bits per heavy atom. The molecule has 1 aromatic rings. The molecule has 1 fully saturated rings. The number of hydrogen-bond acceptors (Lipinski definition) is 3. The number of nitriles is 1. The molecule has 1 saturated heterocycles. The first-order chi connectivity index (χ1) is 8.61. The highest BCUT2D eigenvalue weighted by atomic mass is 19.1. The SMILES string of the molecule is CN1CCCC(N(C)c2ccc(F)cc2C#N)C1. The zero-order valence-corrected chi connectivity index (χ0v) is 10.9. The van der Waals surface area contributed by atoms with E-state index < -0.39 is 0 Å². The number of nitrogens with zero attached hydrogens (tertiary/aromatic N) is 3. The number of hydrogen-bond donors (Lipinski definition) is 0. The van der Waals surface area contributed by atoms with E-state index in [0.29, 0.717) is 11.6 Å². The molecule has 1 heterocycles. The first-order valence-corrected chi connectivity index (χ1v) is 6.23. The van der Waals surface area contributed by atoms with Crippen molar-refractivity contribution in [3.63, 3.8) is 0 Å². The molecule has 1 aliphatic rings. The Labute approximate surface area is 107 Å². The van der Waals surface area contributed by atoms with E-state index in [1.807, 2.05) is 7.05 Å². The van der Waals surface area contributed by atoms with Gasteiger partial charge in [0.1, 0.15) is 11.9 Å². The molecule has 0 amide bonds. The van der Waals surface area contributed by atoms with Crippen LogP contribution in [0.25, 0.3) is 0 Å². The van der Waals surface area contributed by atoms with Gasteiger partial charge in [-0.2, -0.15) is 5.26 Å². The molecule has 3 nitrogen and oxygen atoms in total. The van der Waals surface area contributed by atoms with Crippen LogP contribution in [0.3, 0.4) is 0 Å². The summed E-state index contributed by atoms with van der Waals surface area (Å²) in [5, 5.41) is 9.09. The summed E-state index contributed by atoms with van der Waals surface area (Å²) in [7, 11) is 4.09. The lowest BCUT2D eigenvalue weighted by molar-refractivity contribution is 0.248. The summed E-state index contributed by atoms with van der Waals surface area (Å²) in [4.78, 5) is 4.40. The van der Waals surface area contributed by atoms with Crippen molar-refractivity contribution >= 4 is 5.69 Å². The van der Waals surface area contributed by atoms with E-state index in [9.17, 15) is 4.39 Å². The van der Waals surface area contributed by atoms with Crippen LogP contribution < -0.4 is 4.90 Å². The molecule has 4 heteroatoms. The molecule has 0 aromatic heterocycles. The van der Waals surface area contributed by atoms with Gasteiger partial charge in [-0.25, -0.2) is 4.39 Å². The van der Waals surface area contributed by atoms with Gasteiger partial charge < -0.3 is 9.80 Å². The largest absolute Gasteiger partial charge is 0.369 e. The Balaban J connectivity index is 2.23. The molecular formula is C14H18FN3. The summed E-state index contributed by atoms with van der Waals surface area (Å²) < 4.78 is 13.1. The minimum Gasteiger partial charge on any atom is -0.369 e. The van der Waals surface area contributed by atoms with Crippen LogP contribution in [-0.4, -0.2) is 38.1 Å². The molecule has 1 aliphatic heterocycles. The van der Waals surface area contributed by atoms with Crippen molar-refractivity contribution in [2.75, 3.05) is 32.1 Å². The Morgan fingerprint density at radius 3 is 2.94 bits per heavy atom. The Kier molecular flexibility index (Phi) is 3.83. The lowest BCUT2D eigenvalue weighted by Crippen LogP contribution is -2.45. The van der Waals surface area contributed by atoms with Gasteiger partial charge in [0, 0.05) is 19.6 Å². The molecule has 2 rings (SSSR count). The van der Waals surface area contributed by atoms with Crippen molar-refractivity contribution in [1.29, 1.82) is 5.26 Å². The third kappa shape index (κ3) is 2.62. The standard InChI is InChI=1S/C14H18FN3/c1-17-7-3-4-13(10-17)18(2)14-6-5-12(15)8-11(14)9-16/h5-6,8,13H,3-4,7,10H2,1-2H3. The Bertz CT molecular complexity index is 467. The first-order valence-electron chi connectivity index (χ1n) is 6.23. The first kappa shape index (κ1) is 12.8. The maximum absolute atomic E-state index is 13.1. The molecule has 1 aromatic carbocycles. The van der Waals surface area contributed by atoms with Gasteiger partial charge in [0.05, 0.1) is 11.3 Å². The monoisotopic (exact) mass is 247 g/mol. The van der Waals surface area contributed by atoms with Crippen molar-refractivity contribution < 1.29 is 4.39 Å². The summed E-state index contributed by atoms with van der Waals surface area (Å²) in [6.45, 7) is 2.11. The minimum absolute atomic E-state index is 0.357. The van der Waals surface area contributed by atoms with Gasteiger partial charge in [0.25, 0.3) is 0 Å². The van der Waals surface area contributed by atoms with E-state index >= 15 is 0 Å². The van der Waals surface area contributed by atoms with Crippen LogP contribution in [0.2, 0.25) is 0 Å². The third-order valence-electron chi connectivity index (χ3n) is 3.61. The predicted molar refractivity (Wildman–Crippen MR) is 70.0 cm³/mol. The number of anilines is 1.